The highest BCUT2D eigenvalue weighted by Gasteiger charge is 2.47. The Hall–Kier alpha value is -1.88. The summed E-state index contributed by atoms with van der Waals surface area (Å²) in [5, 5.41) is 29.5. The molecule has 1 fully saturated rings. The average molecular weight is 613 g/mol. The Morgan fingerprint density at radius 3 is 2.47 bits per heavy atom. The molecule has 1 aliphatic heterocycles. The van der Waals surface area contributed by atoms with Crippen LogP contribution in [0.5, 0.6) is 0 Å². The highest BCUT2D eigenvalue weighted by molar-refractivity contribution is 9.10. The van der Waals surface area contributed by atoms with Gasteiger partial charge in [0, 0.05) is 27.3 Å². The van der Waals surface area contributed by atoms with Crippen LogP contribution in [0, 0.1) is 17.5 Å². The Bertz CT molecular complexity index is 1280. The van der Waals surface area contributed by atoms with Crippen molar-refractivity contribution in [3.8, 4) is 11.3 Å². The summed E-state index contributed by atoms with van der Waals surface area (Å²) < 4.78 is 63.7. The summed E-state index contributed by atoms with van der Waals surface area (Å²) in [4.78, 5) is 22.7. The first-order chi connectivity index (χ1) is 16.9. The Balaban J connectivity index is 1.66. The van der Waals surface area contributed by atoms with Gasteiger partial charge in [0.05, 0.1) is 12.8 Å². The van der Waals surface area contributed by atoms with Gasteiger partial charge >= 0.3 is 7.82 Å². The van der Waals surface area contributed by atoms with E-state index in [4.69, 9.17) is 14.5 Å². The van der Waals surface area contributed by atoms with Crippen molar-refractivity contribution < 1.29 is 47.0 Å². The van der Waals surface area contributed by atoms with Crippen molar-refractivity contribution in [3.63, 3.8) is 0 Å². The number of benzene rings is 1. The van der Waals surface area contributed by atoms with Crippen molar-refractivity contribution in [3.05, 3.63) is 58.7 Å². The molecule has 3 heterocycles. The molecule has 17 heteroatoms. The fourth-order valence-electron chi connectivity index (χ4n) is 3.48. The van der Waals surface area contributed by atoms with Crippen molar-refractivity contribution >= 4 is 35.5 Å². The van der Waals surface area contributed by atoms with E-state index >= 15 is 0 Å². The minimum Gasteiger partial charge on any atom is -0.388 e. The zero-order chi connectivity index (χ0) is 26.2. The molecule has 0 bridgehead atoms. The molecule has 0 radical (unpaired) electrons. The Kier molecular flexibility index (Phi) is 8.19. The molecule has 0 amide bonds. The van der Waals surface area contributed by atoms with Crippen LogP contribution in [0.3, 0.4) is 0 Å². The van der Waals surface area contributed by atoms with E-state index in [9.17, 15) is 27.9 Å². The molecule has 0 aliphatic carbocycles. The molecule has 194 valence electrons. The Morgan fingerprint density at radius 2 is 1.83 bits per heavy atom. The smallest absolute Gasteiger partial charge is 0.388 e. The van der Waals surface area contributed by atoms with Crippen LogP contribution in [0.4, 0.5) is 13.2 Å². The van der Waals surface area contributed by atoms with Crippen molar-refractivity contribution in [1.29, 1.82) is 0 Å². The molecule has 0 saturated carbocycles. The van der Waals surface area contributed by atoms with Gasteiger partial charge in [0.25, 0.3) is 0 Å². The second-order valence-corrected chi connectivity index (χ2v) is 10.9. The van der Waals surface area contributed by atoms with Gasteiger partial charge in [-0.15, -0.1) is 5.10 Å². The van der Waals surface area contributed by atoms with E-state index in [-0.39, 0.29) is 11.3 Å². The summed E-state index contributed by atoms with van der Waals surface area (Å²) in [5.41, 5.74) is -1.35. The molecule has 1 saturated heterocycles. The largest absolute Gasteiger partial charge is 0.469 e. The first-order valence-electron chi connectivity index (χ1n) is 9.98. The van der Waals surface area contributed by atoms with E-state index < -0.39 is 61.7 Å². The molecular weight excluding hydrogens is 596 g/mol. The van der Waals surface area contributed by atoms with Crippen molar-refractivity contribution in [1.82, 2.24) is 20.0 Å². The van der Waals surface area contributed by atoms with Gasteiger partial charge < -0.3 is 24.7 Å². The minimum absolute atomic E-state index is 0.0953. The average Bonchev–Trinajstić information content (AvgIpc) is 3.27. The van der Waals surface area contributed by atoms with Crippen molar-refractivity contribution in [2.24, 2.45) is 0 Å². The zero-order valence-electron chi connectivity index (χ0n) is 17.7. The van der Waals surface area contributed by atoms with E-state index in [0.717, 1.165) is 22.6 Å². The monoisotopic (exact) mass is 612 g/mol. The van der Waals surface area contributed by atoms with Gasteiger partial charge in [0.1, 0.15) is 35.5 Å². The van der Waals surface area contributed by atoms with Gasteiger partial charge in [0.15, 0.2) is 17.5 Å². The standard InChI is InChI=1S/C19H17BrF3N4O7PS/c20-9-3-10(5-24-4-9)36-19-18(29)16(17(28)14(34-19)7-33-35(30,31)32)27-6-13(25-26-27)8-1-11(21)15(23)12(22)2-8/h1-6,14,16-19,28-29H,7H2,(H2,30,31,32)/t14-,16+,17+,18-,19-/m1/s1. The summed E-state index contributed by atoms with van der Waals surface area (Å²) in [6.45, 7) is -0.738. The third-order valence-corrected chi connectivity index (χ3v) is 7.14. The van der Waals surface area contributed by atoms with Crippen molar-refractivity contribution in [2.75, 3.05) is 6.61 Å². The van der Waals surface area contributed by atoms with Crippen LogP contribution < -0.4 is 0 Å². The second kappa shape index (κ2) is 10.8. The highest BCUT2D eigenvalue weighted by atomic mass is 79.9. The molecule has 0 spiro atoms. The third-order valence-electron chi connectivity index (χ3n) is 5.10. The summed E-state index contributed by atoms with van der Waals surface area (Å²) in [6, 6.07) is 1.80. The molecule has 11 nitrogen and oxygen atoms in total. The lowest BCUT2D eigenvalue weighted by Crippen LogP contribution is -2.55. The first-order valence-corrected chi connectivity index (χ1v) is 13.2. The lowest BCUT2D eigenvalue weighted by Gasteiger charge is -2.42. The van der Waals surface area contributed by atoms with E-state index in [1.54, 1.807) is 6.07 Å². The maximum absolute atomic E-state index is 13.7. The maximum Gasteiger partial charge on any atom is 0.469 e. The lowest BCUT2D eigenvalue weighted by molar-refractivity contribution is -0.177. The second-order valence-electron chi connectivity index (χ2n) is 7.60. The number of hydrogen-bond donors (Lipinski definition) is 4. The normalized spacial score (nSPS) is 24.7. The summed E-state index contributed by atoms with van der Waals surface area (Å²) in [5.74, 6) is -4.55. The van der Waals surface area contributed by atoms with Gasteiger partial charge in [0.2, 0.25) is 0 Å². The quantitative estimate of drug-likeness (QED) is 0.229. The number of thioether (sulfide) groups is 1. The highest BCUT2D eigenvalue weighted by Crippen LogP contribution is 2.41. The SMILES string of the molecule is O=P(O)(O)OC[C@H]1O[C@H](Sc2cncc(Br)c2)[C@H](O)[C@@H](n2cc(-c3cc(F)c(F)c(F)c3)nn2)[C@H]1O. The molecule has 5 atom stereocenters. The predicted octanol–water partition coefficient (Wildman–Crippen LogP) is 2.41. The molecule has 0 unspecified atom stereocenters. The number of aromatic nitrogens is 4. The number of ether oxygens (including phenoxy) is 1. The van der Waals surface area contributed by atoms with E-state index in [1.807, 2.05) is 0 Å². The fourth-order valence-corrected chi connectivity index (χ4v) is 5.43. The molecular formula is C19H17BrF3N4O7PS. The van der Waals surface area contributed by atoms with E-state index in [0.29, 0.717) is 21.5 Å². The number of rotatable bonds is 7. The van der Waals surface area contributed by atoms with Gasteiger partial charge in [-0.05, 0) is 34.1 Å². The van der Waals surface area contributed by atoms with Crippen LogP contribution in [-0.2, 0) is 13.8 Å². The van der Waals surface area contributed by atoms with Crippen molar-refractivity contribution in [2.45, 2.75) is 34.7 Å². The summed E-state index contributed by atoms with van der Waals surface area (Å²) >= 11 is 4.28. The number of aliphatic hydroxyl groups excluding tert-OH is 2. The van der Waals surface area contributed by atoms with Gasteiger partial charge in [-0.1, -0.05) is 17.0 Å². The number of phosphoric ester groups is 1. The third kappa shape index (κ3) is 6.15. The summed E-state index contributed by atoms with van der Waals surface area (Å²) in [6.07, 6.45) is -0.233. The lowest BCUT2D eigenvalue weighted by atomic mass is 9.97. The van der Waals surface area contributed by atoms with Gasteiger partial charge in [-0.2, -0.15) is 0 Å². The maximum atomic E-state index is 13.7. The van der Waals surface area contributed by atoms with Crippen LogP contribution in [-0.4, -0.2) is 70.3 Å². The van der Waals surface area contributed by atoms with Gasteiger partial charge in [-0.3, -0.25) is 9.51 Å². The predicted molar refractivity (Wildman–Crippen MR) is 121 cm³/mol. The van der Waals surface area contributed by atoms with Crippen LogP contribution >= 0.6 is 35.5 Å². The number of pyridine rings is 1. The molecule has 2 aromatic heterocycles. The van der Waals surface area contributed by atoms with Crippen LogP contribution in [0.15, 0.2) is 46.2 Å². The first kappa shape index (κ1) is 27.2. The minimum atomic E-state index is -4.92. The molecule has 4 rings (SSSR count). The number of aliphatic hydroxyl groups is 2. The number of halogens is 4. The number of phosphoric acid groups is 1. The van der Waals surface area contributed by atoms with E-state index in [1.165, 1.54) is 12.4 Å². The Labute approximate surface area is 213 Å². The molecule has 1 aliphatic rings. The number of nitrogens with zero attached hydrogens (tertiary/aromatic N) is 4. The zero-order valence-corrected chi connectivity index (χ0v) is 21.0. The molecule has 1 aromatic carbocycles. The molecule has 4 N–H and O–H groups in total. The van der Waals surface area contributed by atoms with E-state index in [2.05, 4.69) is 35.7 Å². The topological polar surface area (TPSA) is 160 Å². The summed E-state index contributed by atoms with van der Waals surface area (Å²) in [7, 11) is -4.92. The Morgan fingerprint density at radius 1 is 1.14 bits per heavy atom. The molecule has 3 aromatic rings. The molecule has 36 heavy (non-hydrogen) atoms. The fraction of sp³-hybridized carbons (Fsp3) is 0.316. The van der Waals surface area contributed by atoms with Crippen LogP contribution in [0.2, 0.25) is 0 Å². The van der Waals surface area contributed by atoms with Crippen LogP contribution in [0.1, 0.15) is 6.04 Å². The number of hydrogen-bond acceptors (Lipinski definition) is 9. The van der Waals surface area contributed by atoms with Gasteiger partial charge in [-0.25, -0.2) is 22.4 Å². The van der Waals surface area contributed by atoms with Crippen LogP contribution in [0.25, 0.3) is 11.3 Å².